The highest BCUT2D eigenvalue weighted by atomic mass is 15.1. The van der Waals surface area contributed by atoms with Crippen LogP contribution in [0.3, 0.4) is 0 Å². The number of hydrogen-bond acceptors (Lipinski definition) is 1. The van der Waals surface area contributed by atoms with E-state index in [1.807, 2.05) is 0 Å². The average Bonchev–Trinajstić information content (AvgIpc) is 3.49. The molecule has 0 amide bonds. The fourth-order valence-electron chi connectivity index (χ4n) is 13.0. The minimum Gasteiger partial charge on any atom is -0.310 e. The Labute approximate surface area is 328 Å². The van der Waals surface area contributed by atoms with Crippen molar-refractivity contribution >= 4 is 17.1 Å². The summed E-state index contributed by atoms with van der Waals surface area (Å²) >= 11 is 0. The Bertz CT molecular complexity index is 2420. The van der Waals surface area contributed by atoms with E-state index >= 15 is 0 Å². The summed E-state index contributed by atoms with van der Waals surface area (Å²) in [6.45, 7) is 9.78. The maximum absolute atomic E-state index is 2.63. The zero-order chi connectivity index (χ0) is 37.1. The van der Waals surface area contributed by atoms with Gasteiger partial charge in [-0.15, -0.1) is 0 Å². The summed E-state index contributed by atoms with van der Waals surface area (Å²) in [5, 5.41) is 0. The molecule has 0 atom stereocenters. The van der Waals surface area contributed by atoms with E-state index in [0.717, 1.165) is 23.7 Å². The Kier molecular flexibility index (Phi) is 7.34. The van der Waals surface area contributed by atoms with Crippen LogP contribution >= 0.6 is 0 Å². The van der Waals surface area contributed by atoms with E-state index in [-0.39, 0.29) is 16.2 Å². The average molecular weight is 716 g/mol. The van der Waals surface area contributed by atoms with Gasteiger partial charge in [-0.1, -0.05) is 137 Å². The molecule has 1 spiro atoms. The molecule has 12 rings (SSSR count). The summed E-state index contributed by atoms with van der Waals surface area (Å²) in [5.41, 5.74) is 18.4. The number of para-hydroxylation sites is 1. The lowest BCUT2D eigenvalue weighted by Gasteiger charge is -2.61. The second kappa shape index (κ2) is 12.1. The Hall–Kier alpha value is -4.88. The SMILES string of the molecule is CC1(C)CCC(C)(C)c2c(N(c3ccc(-c4ccc5c(c4)C4(c6ccccc6-5)C5CC6CC(C5)CC4C6)cc3)c3ccccc3-c3ccccc3)cccc21. The predicted octanol–water partition coefficient (Wildman–Crippen LogP) is 14.6. The van der Waals surface area contributed by atoms with Crippen LogP contribution < -0.4 is 4.90 Å². The maximum Gasteiger partial charge on any atom is 0.0540 e. The van der Waals surface area contributed by atoms with Gasteiger partial charge in [-0.2, -0.15) is 0 Å². The summed E-state index contributed by atoms with van der Waals surface area (Å²) in [4.78, 5) is 2.57. The highest BCUT2D eigenvalue weighted by Crippen LogP contribution is 2.69. The van der Waals surface area contributed by atoms with E-state index in [1.165, 1.54) is 107 Å². The van der Waals surface area contributed by atoms with Crippen LogP contribution in [0.5, 0.6) is 0 Å². The molecule has 1 nitrogen and oxygen atoms in total. The van der Waals surface area contributed by atoms with Gasteiger partial charge in [0, 0.05) is 16.7 Å². The Morgan fingerprint density at radius 3 is 1.76 bits per heavy atom. The summed E-state index contributed by atoms with van der Waals surface area (Å²) in [5.74, 6) is 3.44. The molecule has 0 aromatic heterocycles. The second-order valence-corrected chi connectivity index (χ2v) is 19.2. The van der Waals surface area contributed by atoms with Crippen molar-refractivity contribution in [1.82, 2.24) is 0 Å². The van der Waals surface area contributed by atoms with Gasteiger partial charge in [-0.25, -0.2) is 0 Å². The van der Waals surface area contributed by atoms with Crippen molar-refractivity contribution in [1.29, 1.82) is 0 Å². The molecule has 6 aromatic carbocycles. The summed E-state index contributed by atoms with van der Waals surface area (Å²) < 4.78 is 0. The molecule has 4 fully saturated rings. The van der Waals surface area contributed by atoms with Crippen molar-refractivity contribution in [3.8, 4) is 33.4 Å². The molecule has 6 aromatic rings. The normalized spacial score (nSPS) is 26.0. The number of hydrogen-bond donors (Lipinski definition) is 0. The predicted molar refractivity (Wildman–Crippen MR) is 231 cm³/mol. The van der Waals surface area contributed by atoms with E-state index in [1.54, 1.807) is 11.1 Å². The summed E-state index contributed by atoms with van der Waals surface area (Å²) in [6, 6.07) is 53.5. The molecule has 1 heteroatoms. The number of rotatable bonds is 5. The number of nitrogens with zero attached hydrogens (tertiary/aromatic N) is 1. The molecule has 274 valence electrons. The van der Waals surface area contributed by atoms with Crippen LogP contribution in [0.25, 0.3) is 33.4 Å². The quantitative estimate of drug-likeness (QED) is 0.172. The zero-order valence-corrected chi connectivity index (χ0v) is 33.0. The molecule has 0 aliphatic heterocycles. The van der Waals surface area contributed by atoms with E-state index in [2.05, 4.69) is 172 Å². The molecule has 0 saturated heterocycles. The van der Waals surface area contributed by atoms with Crippen molar-refractivity contribution in [3.05, 3.63) is 162 Å². The minimum absolute atomic E-state index is 0.0528. The first-order chi connectivity index (χ1) is 26.7. The van der Waals surface area contributed by atoms with Gasteiger partial charge in [0.1, 0.15) is 0 Å². The lowest BCUT2D eigenvalue weighted by molar-refractivity contribution is -0.0399. The molecular weight excluding hydrogens is 663 g/mol. The molecule has 6 aliphatic rings. The Balaban J connectivity index is 1.06. The first-order valence-corrected chi connectivity index (χ1v) is 21.2. The molecule has 0 N–H and O–H groups in total. The van der Waals surface area contributed by atoms with Crippen LogP contribution in [0, 0.1) is 23.7 Å². The molecular formula is C54H53N. The molecule has 6 aliphatic carbocycles. The molecule has 0 radical (unpaired) electrons. The maximum atomic E-state index is 2.63. The Morgan fingerprint density at radius 1 is 0.436 bits per heavy atom. The highest BCUT2D eigenvalue weighted by Gasteiger charge is 2.61. The van der Waals surface area contributed by atoms with Crippen molar-refractivity contribution in [3.63, 3.8) is 0 Å². The molecule has 0 unspecified atom stereocenters. The number of fused-ring (bicyclic) bond motifs is 4. The molecule has 4 bridgehead atoms. The van der Waals surface area contributed by atoms with Crippen molar-refractivity contribution in [2.24, 2.45) is 23.7 Å². The fraction of sp³-hybridized carbons (Fsp3) is 0.333. The molecule has 55 heavy (non-hydrogen) atoms. The standard InChI is InChI=1S/C54H53N/c1-52(2)27-28-53(3,4)51-47(52)18-12-20-50(51)55(49-19-11-9-15-43(49)38-13-6-5-7-14-38)42-24-21-37(22-25-42)39-23-26-45-44-16-8-10-17-46(44)54(48(45)34-39)40-30-35-29-36(32-40)33-41(54)31-35/h5-26,34-36,40-41H,27-33H2,1-4H3. The Morgan fingerprint density at radius 2 is 1.02 bits per heavy atom. The van der Waals surface area contributed by atoms with Gasteiger partial charge in [-0.3, -0.25) is 0 Å². The van der Waals surface area contributed by atoms with E-state index in [0.29, 0.717) is 0 Å². The van der Waals surface area contributed by atoms with Crippen LogP contribution in [-0.4, -0.2) is 0 Å². The van der Waals surface area contributed by atoms with Gasteiger partial charge in [0.05, 0.1) is 11.4 Å². The third-order valence-electron chi connectivity index (χ3n) is 15.3. The topological polar surface area (TPSA) is 3.24 Å². The smallest absolute Gasteiger partial charge is 0.0540 e. The number of anilines is 3. The lowest BCUT2D eigenvalue weighted by Crippen LogP contribution is -2.55. The van der Waals surface area contributed by atoms with Gasteiger partial charge in [-0.05, 0) is 160 Å². The van der Waals surface area contributed by atoms with E-state index in [4.69, 9.17) is 0 Å². The fourth-order valence-corrected chi connectivity index (χ4v) is 13.0. The molecule has 0 heterocycles. The van der Waals surface area contributed by atoms with Crippen LogP contribution in [0.4, 0.5) is 17.1 Å². The second-order valence-electron chi connectivity index (χ2n) is 19.2. The molecule has 4 saturated carbocycles. The van der Waals surface area contributed by atoms with Gasteiger partial charge in [0.15, 0.2) is 0 Å². The van der Waals surface area contributed by atoms with Crippen LogP contribution in [0.2, 0.25) is 0 Å². The first-order valence-electron chi connectivity index (χ1n) is 21.2. The largest absolute Gasteiger partial charge is 0.310 e. The van der Waals surface area contributed by atoms with Crippen LogP contribution in [0.15, 0.2) is 140 Å². The van der Waals surface area contributed by atoms with E-state index < -0.39 is 0 Å². The first kappa shape index (κ1) is 33.5. The van der Waals surface area contributed by atoms with Crippen LogP contribution in [0.1, 0.15) is 94.9 Å². The minimum atomic E-state index is 0.0528. The third-order valence-corrected chi connectivity index (χ3v) is 15.3. The monoisotopic (exact) mass is 715 g/mol. The van der Waals surface area contributed by atoms with Crippen molar-refractivity contribution in [2.75, 3.05) is 4.90 Å². The summed E-state index contributed by atoms with van der Waals surface area (Å²) in [6.07, 6.45) is 9.51. The van der Waals surface area contributed by atoms with Gasteiger partial charge >= 0.3 is 0 Å². The van der Waals surface area contributed by atoms with Crippen molar-refractivity contribution in [2.45, 2.75) is 88.9 Å². The summed E-state index contributed by atoms with van der Waals surface area (Å²) in [7, 11) is 0. The van der Waals surface area contributed by atoms with Crippen molar-refractivity contribution < 1.29 is 0 Å². The van der Waals surface area contributed by atoms with E-state index in [9.17, 15) is 0 Å². The number of benzene rings is 6. The van der Waals surface area contributed by atoms with Crippen LogP contribution in [-0.2, 0) is 16.2 Å². The van der Waals surface area contributed by atoms with Gasteiger partial charge in [0.2, 0.25) is 0 Å². The van der Waals surface area contributed by atoms with Gasteiger partial charge < -0.3 is 4.90 Å². The zero-order valence-electron chi connectivity index (χ0n) is 33.0. The van der Waals surface area contributed by atoms with Gasteiger partial charge in [0.25, 0.3) is 0 Å². The lowest BCUT2D eigenvalue weighted by atomic mass is 9.43. The highest BCUT2D eigenvalue weighted by molar-refractivity contribution is 5.90. The third kappa shape index (κ3) is 4.90.